The third kappa shape index (κ3) is 4.70. The van der Waals surface area contributed by atoms with E-state index in [2.05, 4.69) is 12.2 Å². The molecule has 1 amide bonds. The van der Waals surface area contributed by atoms with Crippen LogP contribution in [0.5, 0.6) is 0 Å². The van der Waals surface area contributed by atoms with Crippen LogP contribution in [0.15, 0.2) is 0 Å². The van der Waals surface area contributed by atoms with Gasteiger partial charge in [0, 0.05) is 32.2 Å². The Bertz CT molecular complexity index is 511. The molecule has 2 rings (SSSR count). The summed E-state index contributed by atoms with van der Waals surface area (Å²) in [6.07, 6.45) is 5.94. The monoisotopic (exact) mass is 359 g/mol. The van der Waals surface area contributed by atoms with Gasteiger partial charge in [-0.05, 0) is 44.4 Å². The lowest BCUT2D eigenvalue weighted by Gasteiger charge is -2.35. The van der Waals surface area contributed by atoms with Gasteiger partial charge in [-0.3, -0.25) is 4.79 Å². The number of carbonyl (C=O) groups is 1. The number of hydrogen-bond acceptors (Lipinski definition) is 3. The predicted octanol–water partition coefficient (Wildman–Crippen LogP) is 1.98. The van der Waals surface area contributed by atoms with Crippen molar-refractivity contribution in [2.75, 3.05) is 26.2 Å². The Hall–Kier alpha value is -0.660. The summed E-state index contributed by atoms with van der Waals surface area (Å²) < 4.78 is 28.3. The van der Waals surface area contributed by atoms with Gasteiger partial charge < -0.3 is 5.32 Å². The average Bonchev–Trinajstić information content (AvgIpc) is 2.58. The Balaban J connectivity index is 1.93. The smallest absolute Gasteiger partial charge is 0.281 e. The Kier molecular flexibility index (Phi) is 7.07. The van der Waals surface area contributed by atoms with Crippen molar-refractivity contribution in [1.82, 2.24) is 13.9 Å². The molecule has 1 N–H and O–H groups in total. The molecule has 24 heavy (non-hydrogen) atoms. The second-order valence-electron chi connectivity index (χ2n) is 7.25. The van der Waals surface area contributed by atoms with Crippen LogP contribution in [0, 0.1) is 11.8 Å². The molecule has 2 aliphatic rings. The topological polar surface area (TPSA) is 69.7 Å². The molecule has 6 nitrogen and oxygen atoms in total. The quantitative estimate of drug-likeness (QED) is 0.788. The van der Waals surface area contributed by atoms with E-state index >= 15 is 0 Å². The number of amides is 1. The van der Waals surface area contributed by atoms with Gasteiger partial charge in [-0.2, -0.15) is 17.0 Å². The lowest BCUT2D eigenvalue weighted by molar-refractivity contribution is -0.127. The van der Waals surface area contributed by atoms with E-state index in [-0.39, 0.29) is 17.9 Å². The van der Waals surface area contributed by atoms with Gasteiger partial charge in [-0.1, -0.05) is 20.8 Å². The zero-order valence-corrected chi connectivity index (χ0v) is 16.1. The molecular formula is C17H33N3O3S. The molecule has 1 atom stereocenters. The molecule has 1 aliphatic carbocycles. The molecule has 0 aromatic heterocycles. The lowest BCUT2D eigenvalue weighted by atomic mass is 9.87. The van der Waals surface area contributed by atoms with E-state index in [0.29, 0.717) is 26.2 Å². The normalized spacial score (nSPS) is 29.6. The summed E-state index contributed by atoms with van der Waals surface area (Å²) in [5, 5.41) is 3.16. The molecule has 0 bridgehead atoms. The van der Waals surface area contributed by atoms with E-state index in [0.717, 1.165) is 44.4 Å². The zero-order valence-electron chi connectivity index (χ0n) is 15.3. The number of nitrogens with zero attached hydrogens (tertiary/aromatic N) is 2. The highest BCUT2D eigenvalue weighted by Gasteiger charge is 2.35. The first-order chi connectivity index (χ1) is 11.4. The van der Waals surface area contributed by atoms with Crippen molar-refractivity contribution in [3.63, 3.8) is 0 Å². The Labute approximate surface area is 147 Å². The zero-order chi connectivity index (χ0) is 17.7. The van der Waals surface area contributed by atoms with Crippen molar-refractivity contribution in [1.29, 1.82) is 0 Å². The van der Waals surface area contributed by atoms with Crippen molar-refractivity contribution in [2.45, 2.75) is 65.3 Å². The molecule has 0 aromatic rings. The van der Waals surface area contributed by atoms with Gasteiger partial charge in [0.05, 0.1) is 5.92 Å². The van der Waals surface area contributed by atoms with Gasteiger partial charge in [0.1, 0.15) is 0 Å². The van der Waals surface area contributed by atoms with Crippen LogP contribution in [0.1, 0.15) is 59.3 Å². The maximum absolute atomic E-state index is 12.7. The second-order valence-corrected chi connectivity index (χ2v) is 9.18. The van der Waals surface area contributed by atoms with Gasteiger partial charge in [-0.15, -0.1) is 0 Å². The fraction of sp³-hybridized carbons (Fsp3) is 0.941. The highest BCUT2D eigenvalue weighted by molar-refractivity contribution is 7.86. The summed E-state index contributed by atoms with van der Waals surface area (Å²) >= 11 is 0. The summed E-state index contributed by atoms with van der Waals surface area (Å²) in [4.78, 5) is 12.6. The fourth-order valence-electron chi connectivity index (χ4n) is 3.80. The first-order valence-corrected chi connectivity index (χ1v) is 10.8. The summed E-state index contributed by atoms with van der Waals surface area (Å²) in [6.45, 7) is 7.71. The summed E-state index contributed by atoms with van der Waals surface area (Å²) in [6, 6.07) is 0.267. The summed E-state index contributed by atoms with van der Waals surface area (Å²) in [5.74, 6) is 0.569. The van der Waals surface area contributed by atoms with Gasteiger partial charge >= 0.3 is 0 Å². The third-order valence-electron chi connectivity index (χ3n) is 5.48. The van der Waals surface area contributed by atoms with Gasteiger partial charge in [0.15, 0.2) is 0 Å². The van der Waals surface area contributed by atoms with Crippen LogP contribution in [0.2, 0.25) is 0 Å². The van der Waals surface area contributed by atoms with Crippen molar-refractivity contribution in [2.24, 2.45) is 11.8 Å². The highest BCUT2D eigenvalue weighted by Crippen LogP contribution is 2.25. The van der Waals surface area contributed by atoms with Crippen molar-refractivity contribution < 1.29 is 13.2 Å². The number of nitrogens with one attached hydrogen (secondary N) is 1. The van der Waals surface area contributed by atoms with Crippen LogP contribution in [-0.4, -0.2) is 55.2 Å². The van der Waals surface area contributed by atoms with Crippen molar-refractivity contribution in [3.05, 3.63) is 0 Å². The van der Waals surface area contributed by atoms with E-state index in [9.17, 15) is 13.2 Å². The summed E-state index contributed by atoms with van der Waals surface area (Å²) in [7, 11) is -3.44. The number of hydrogen-bond donors (Lipinski definition) is 1. The van der Waals surface area contributed by atoms with Crippen LogP contribution in [0.3, 0.4) is 0 Å². The molecule has 1 aliphatic heterocycles. The molecule has 140 valence electrons. The van der Waals surface area contributed by atoms with Gasteiger partial charge in [-0.25, -0.2) is 0 Å². The summed E-state index contributed by atoms with van der Waals surface area (Å²) in [5.41, 5.74) is 0. The number of piperidine rings is 1. The minimum absolute atomic E-state index is 0.0361. The van der Waals surface area contributed by atoms with Crippen molar-refractivity contribution in [3.8, 4) is 0 Å². The van der Waals surface area contributed by atoms with Crippen LogP contribution >= 0.6 is 0 Å². The molecule has 1 heterocycles. The Morgan fingerprint density at radius 1 is 1.12 bits per heavy atom. The molecule has 1 saturated heterocycles. The molecule has 2 fully saturated rings. The Morgan fingerprint density at radius 2 is 1.75 bits per heavy atom. The molecular weight excluding hydrogens is 326 g/mol. The first kappa shape index (κ1) is 19.7. The molecule has 0 aromatic carbocycles. The van der Waals surface area contributed by atoms with Gasteiger partial charge in [0.2, 0.25) is 5.91 Å². The molecule has 0 radical (unpaired) electrons. The molecule has 0 spiro atoms. The second kappa shape index (κ2) is 8.63. The lowest BCUT2D eigenvalue weighted by Crippen LogP contribution is -2.51. The predicted molar refractivity (Wildman–Crippen MR) is 95.7 cm³/mol. The maximum Gasteiger partial charge on any atom is 0.281 e. The van der Waals surface area contributed by atoms with Crippen LogP contribution in [0.25, 0.3) is 0 Å². The van der Waals surface area contributed by atoms with Crippen molar-refractivity contribution >= 4 is 16.1 Å². The number of rotatable bonds is 6. The largest absolute Gasteiger partial charge is 0.353 e. The Morgan fingerprint density at radius 3 is 2.33 bits per heavy atom. The van der Waals surface area contributed by atoms with E-state index in [1.54, 1.807) is 0 Å². The van der Waals surface area contributed by atoms with E-state index in [1.165, 1.54) is 8.61 Å². The molecule has 1 saturated carbocycles. The van der Waals surface area contributed by atoms with Crippen LogP contribution < -0.4 is 5.32 Å². The minimum Gasteiger partial charge on any atom is -0.353 e. The minimum atomic E-state index is -3.44. The highest BCUT2D eigenvalue weighted by atomic mass is 32.2. The van der Waals surface area contributed by atoms with Crippen LogP contribution in [-0.2, 0) is 15.0 Å². The SMILES string of the molecule is CCN(CC)S(=O)(=O)N1CCCC(C(=O)NC2CCC(C)CC2)C1. The van der Waals surface area contributed by atoms with Crippen LogP contribution in [0.4, 0.5) is 0 Å². The molecule has 1 unspecified atom stereocenters. The average molecular weight is 360 g/mol. The standard InChI is InChI=1S/C17H33N3O3S/c1-4-19(5-2)24(22,23)20-12-6-7-15(13-20)17(21)18-16-10-8-14(3)9-11-16/h14-16H,4-13H2,1-3H3,(H,18,21). The maximum atomic E-state index is 12.7. The van der Waals surface area contributed by atoms with E-state index in [1.807, 2.05) is 13.8 Å². The van der Waals surface area contributed by atoms with Gasteiger partial charge in [0.25, 0.3) is 10.2 Å². The first-order valence-electron chi connectivity index (χ1n) is 9.44. The van der Waals surface area contributed by atoms with E-state index < -0.39 is 10.2 Å². The van der Waals surface area contributed by atoms with E-state index in [4.69, 9.17) is 0 Å². The molecule has 7 heteroatoms. The third-order valence-corrected chi connectivity index (χ3v) is 7.63. The number of carbonyl (C=O) groups excluding carboxylic acids is 1. The fourth-order valence-corrected chi connectivity index (χ4v) is 5.51.